The van der Waals surface area contributed by atoms with Crippen LogP contribution >= 0.6 is 0 Å². The number of aromatic nitrogens is 2. The molecule has 0 aromatic carbocycles. The molecule has 0 amide bonds. The molecular formula is C16H22Br2N2O2. The van der Waals surface area contributed by atoms with Gasteiger partial charge in [-0.2, -0.15) is 0 Å². The number of hydrogen-bond acceptors (Lipinski definition) is 2. The summed E-state index contributed by atoms with van der Waals surface area (Å²) in [4.78, 5) is 0. The van der Waals surface area contributed by atoms with Gasteiger partial charge >= 0.3 is 0 Å². The Morgan fingerprint density at radius 2 is 0.864 bits per heavy atom. The Balaban J connectivity index is 0.00000220. The summed E-state index contributed by atoms with van der Waals surface area (Å²) >= 11 is 0. The van der Waals surface area contributed by atoms with Crippen LogP contribution in [0.4, 0.5) is 0 Å². The molecule has 0 aliphatic carbocycles. The molecule has 0 N–H and O–H groups in total. The summed E-state index contributed by atoms with van der Waals surface area (Å²) in [5, 5.41) is 0. The van der Waals surface area contributed by atoms with E-state index in [-0.39, 0.29) is 34.0 Å². The van der Waals surface area contributed by atoms with Gasteiger partial charge in [0, 0.05) is 24.3 Å². The van der Waals surface area contributed by atoms with E-state index in [4.69, 9.17) is 9.47 Å². The third kappa shape index (κ3) is 9.25. The Morgan fingerprint density at radius 1 is 0.500 bits per heavy atom. The monoisotopic (exact) mass is 432 g/mol. The van der Waals surface area contributed by atoms with Gasteiger partial charge in [-0.05, 0) is 0 Å². The fraction of sp³-hybridized carbons (Fsp3) is 0.375. The first-order valence-electron chi connectivity index (χ1n) is 6.99. The molecule has 0 saturated heterocycles. The SMILES string of the molecule is [Br-].[Br-].c1cc[n+](CCOCCOCC[n+]2ccccc2)cc1. The Kier molecular flexibility index (Phi) is 13.3. The van der Waals surface area contributed by atoms with Crippen molar-refractivity contribution in [1.29, 1.82) is 0 Å². The largest absolute Gasteiger partial charge is 1.00 e. The zero-order chi connectivity index (χ0) is 13.9. The second-order valence-corrected chi connectivity index (χ2v) is 4.45. The van der Waals surface area contributed by atoms with Crippen molar-refractivity contribution < 1.29 is 52.6 Å². The third-order valence-electron chi connectivity index (χ3n) is 2.91. The van der Waals surface area contributed by atoms with Gasteiger partial charge in [-0.25, -0.2) is 9.13 Å². The van der Waals surface area contributed by atoms with Crippen LogP contribution in [0.3, 0.4) is 0 Å². The molecule has 2 rings (SSSR count). The first-order chi connectivity index (χ1) is 9.95. The van der Waals surface area contributed by atoms with E-state index in [2.05, 4.69) is 9.13 Å². The van der Waals surface area contributed by atoms with E-state index >= 15 is 0 Å². The lowest BCUT2D eigenvalue weighted by atomic mass is 10.5. The maximum atomic E-state index is 5.54. The van der Waals surface area contributed by atoms with Crippen molar-refractivity contribution in [3.63, 3.8) is 0 Å². The van der Waals surface area contributed by atoms with Gasteiger partial charge in [0.05, 0.1) is 13.2 Å². The first kappa shape index (κ1) is 21.2. The number of pyridine rings is 2. The van der Waals surface area contributed by atoms with Gasteiger partial charge in [-0.1, -0.05) is 12.1 Å². The normalized spacial score (nSPS) is 9.64. The quantitative estimate of drug-likeness (QED) is 0.292. The average Bonchev–Trinajstić information content (AvgIpc) is 2.52. The van der Waals surface area contributed by atoms with Crippen molar-refractivity contribution in [2.75, 3.05) is 26.4 Å². The molecule has 0 atom stereocenters. The lowest BCUT2D eigenvalue weighted by Gasteiger charge is -2.03. The second-order valence-electron chi connectivity index (χ2n) is 4.45. The van der Waals surface area contributed by atoms with Gasteiger partial charge < -0.3 is 43.4 Å². The van der Waals surface area contributed by atoms with E-state index in [1.807, 2.05) is 61.2 Å². The fourth-order valence-electron chi connectivity index (χ4n) is 1.83. The molecule has 0 aliphatic heterocycles. The molecule has 22 heavy (non-hydrogen) atoms. The molecule has 0 aliphatic rings. The van der Waals surface area contributed by atoms with Crippen molar-refractivity contribution in [3.05, 3.63) is 61.2 Å². The van der Waals surface area contributed by atoms with Crippen LogP contribution in [0.1, 0.15) is 0 Å². The van der Waals surface area contributed by atoms with Crippen molar-refractivity contribution in [2.24, 2.45) is 0 Å². The van der Waals surface area contributed by atoms with Crippen LogP contribution in [0.2, 0.25) is 0 Å². The van der Waals surface area contributed by atoms with Crippen LogP contribution in [0, 0.1) is 0 Å². The maximum absolute atomic E-state index is 5.54. The summed E-state index contributed by atoms with van der Waals surface area (Å²) in [7, 11) is 0. The molecule has 2 aromatic heterocycles. The van der Waals surface area contributed by atoms with E-state index in [1.165, 1.54) is 0 Å². The van der Waals surface area contributed by atoms with Crippen LogP contribution in [0.15, 0.2) is 61.2 Å². The standard InChI is InChI=1S/C16H22N2O2.2BrH/c1-3-7-17(8-4-1)11-13-19-15-16-20-14-12-18-9-5-2-6-10-18;;/h1-10H,11-16H2;2*1H/q+2;;/p-2. The molecule has 122 valence electrons. The highest BCUT2D eigenvalue weighted by Crippen LogP contribution is 1.82. The van der Waals surface area contributed by atoms with E-state index < -0.39 is 0 Å². The zero-order valence-electron chi connectivity index (χ0n) is 12.5. The predicted molar refractivity (Wildman–Crippen MR) is 74.9 cm³/mol. The van der Waals surface area contributed by atoms with Gasteiger partial charge in [0.15, 0.2) is 37.9 Å². The highest BCUT2D eigenvalue weighted by Gasteiger charge is 1.99. The summed E-state index contributed by atoms with van der Waals surface area (Å²) in [6.45, 7) is 4.47. The molecule has 0 spiro atoms. The van der Waals surface area contributed by atoms with Crippen LogP contribution in [-0.2, 0) is 22.6 Å². The van der Waals surface area contributed by atoms with Gasteiger partial charge in [-0.15, -0.1) is 0 Å². The molecule has 2 heterocycles. The van der Waals surface area contributed by atoms with Gasteiger partial charge in [0.25, 0.3) is 0 Å². The second kappa shape index (κ2) is 13.8. The first-order valence-corrected chi connectivity index (χ1v) is 6.99. The van der Waals surface area contributed by atoms with Gasteiger partial charge in [0.2, 0.25) is 0 Å². The lowest BCUT2D eigenvalue weighted by molar-refractivity contribution is -0.699. The van der Waals surface area contributed by atoms with E-state index in [9.17, 15) is 0 Å². The van der Waals surface area contributed by atoms with Gasteiger partial charge in [0.1, 0.15) is 13.2 Å². The third-order valence-corrected chi connectivity index (χ3v) is 2.91. The Labute approximate surface area is 153 Å². The van der Waals surface area contributed by atoms with Crippen molar-refractivity contribution >= 4 is 0 Å². The number of halogens is 2. The minimum absolute atomic E-state index is 0. The van der Waals surface area contributed by atoms with E-state index in [0.717, 1.165) is 13.1 Å². The molecule has 0 saturated carbocycles. The number of nitrogens with zero attached hydrogens (tertiary/aromatic N) is 2. The summed E-state index contributed by atoms with van der Waals surface area (Å²) in [5.41, 5.74) is 0. The highest BCUT2D eigenvalue weighted by atomic mass is 79.9. The summed E-state index contributed by atoms with van der Waals surface area (Å²) in [6.07, 6.45) is 8.15. The minimum atomic E-state index is 0. The fourth-order valence-corrected chi connectivity index (χ4v) is 1.83. The smallest absolute Gasteiger partial charge is 0.171 e. The van der Waals surface area contributed by atoms with Crippen LogP contribution in [0.25, 0.3) is 0 Å². The van der Waals surface area contributed by atoms with Crippen LogP contribution in [-0.4, -0.2) is 26.4 Å². The molecular weight excluding hydrogens is 412 g/mol. The molecule has 0 radical (unpaired) electrons. The average molecular weight is 434 g/mol. The number of rotatable bonds is 9. The van der Waals surface area contributed by atoms with Gasteiger partial charge in [-0.3, -0.25) is 0 Å². The van der Waals surface area contributed by atoms with Crippen molar-refractivity contribution in [2.45, 2.75) is 13.1 Å². The zero-order valence-corrected chi connectivity index (χ0v) is 15.7. The van der Waals surface area contributed by atoms with E-state index in [1.54, 1.807) is 0 Å². The molecule has 0 bridgehead atoms. The lowest BCUT2D eigenvalue weighted by Crippen LogP contribution is -3.00. The maximum Gasteiger partial charge on any atom is 0.171 e. The highest BCUT2D eigenvalue weighted by molar-refractivity contribution is 4.84. The Morgan fingerprint density at radius 3 is 1.23 bits per heavy atom. The van der Waals surface area contributed by atoms with Crippen LogP contribution in [0.5, 0.6) is 0 Å². The van der Waals surface area contributed by atoms with E-state index in [0.29, 0.717) is 26.4 Å². The summed E-state index contributed by atoms with van der Waals surface area (Å²) in [6, 6.07) is 12.1. The number of ether oxygens (including phenoxy) is 2. The van der Waals surface area contributed by atoms with Crippen molar-refractivity contribution in [1.82, 2.24) is 0 Å². The molecule has 6 heteroatoms. The molecule has 2 aromatic rings. The molecule has 0 fully saturated rings. The Hall–Kier alpha value is -0.820. The number of hydrogen-bond donors (Lipinski definition) is 0. The summed E-state index contributed by atoms with van der Waals surface area (Å²) < 4.78 is 15.3. The van der Waals surface area contributed by atoms with Crippen LogP contribution < -0.4 is 43.1 Å². The predicted octanol–water partition coefficient (Wildman–Crippen LogP) is -5.00. The molecule has 4 nitrogen and oxygen atoms in total. The minimum Gasteiger partial charge on any atom is -1.00 e. The topological polar surface area (TPSA) is 26.2 Å². The van der Waals surface area contributed by atoms with Crippen molar-refractivity contribution in [3.8, 4) is 0 Å². The summed E-state index contributed by atoms with van der Waals surface area (Å²) in [5.74, 6) is 0. The molecule has 0 unspecified atom stereocenters. The Bertz CT molecular complexity index is 427.